The molecule has 0 saturated carbocycles. The Hall–Kier alpha value is -1.35. The Morgan fingerprint density at radius 1 is 1.50 bits per heavy atom. The number of H-pyrrole nitrogens is 1. The normalized spacial score (nSPS) is 13.4. The van der Waals surface area contributed by atoms with Crippen LogP contribution in [-0.4, -0.2) is 10.1 Å². The zero-order chi connectivity index (χ0) is 10.1. The molecule has 0 spiro atoms. The first-order chi connectivity index (χ1) is 6.72. The van der Waals surface area contributed by atoms with Crippen LogP contribution < -0.4 is 0 Å². The highest BCUT2D eigenvalue weighted by atomic mass is 19.1. The minimum absolute atomic E-state index is 0.267. The first kappa shape index (κ1) is 9.21. The molecule has 0 aliphatic heterocycles. The van der Waals surface area contributed by atoms with Crippen LogP contribution in [-0.2, 0) is 0 Å². The second kappa shape index (κ2) is 3.42. The van der Waals surface area contributed by atoms with Crippen molar-refractivity contribution in [2.45, 2.75) is 19.4 Å². The van der Waals surface area contributed by atoms with E-state index in [1.165, 1.54) is 12.1 Å². The van der Waals surface area contributed by atoms with Gasteiger partial charge in [0.1, 0.15) is 5.82 Å². The Labute approximate surface area is 81.4 Å². The van der Waals surface area contributed by atoms with Gasteiger partial charge >= 0.3 is 0 Å². The van der Waals surface area contributed by atoms with Crippen molar-refractivity contribution in [2.75, 3.05) is 0 Å². The molecule has 1 aromatic carbocycles. The molecule has 1 heterocycles. The van der Waals surface area contributed by atoms with E-state index in [9.17, 15) is 9.50 Å². The third-order valence-electron chi connectivity index (χ3n) is 2.42. The van der Waals surface area contributed by atoms with Crippen LogP contribution in [0.1, 0.15) is 25.0 Å². The van der Waals surface area contributed by atoms with E-state index >= 15 is 0 Å². The summed E-state index contributed by atoms with van der Waals surface area (Å²) in [6.07, 6.45) is 1.91. The number of aliphatic hydroxyl groups is 1. The molecule has 74 valence electrons. The molecule has 0 bridgehead atoms. The molecule has 2 rings (SSSR count). The van der Waals surface area contributed by atoms with Crippen LogP contribution in [0.5, 0.6) is 0 Å². The Balaban J connectivity index is 2.58. The highest BCUT2D eigenvalue weighted by Gasteiger charge is 2.10. The lowest BCUT2D eigenvalue weighted by atomic mass is 10.1. The first-order valence-electron chi connectivity index (χ1n) is 4.67. The van der Waals surface area contributed by atoms with Gasteiger partial charge in [-0.2, -0.15) is 0 Å². The molecule has 14 heavy (non-hydrogen) atoms. The van der Waals surface area contributed by atoms with Crippen molar-refractivity contribution in [1.82, 2.24) is 4.98 Å². The molecule has 0 radical (unpaired) electrons. The molecule has 0 unspecified atom stereocenters. The Bertz CT molecular complexity index is 449. The van der Waals surface area contributed by atoms with E-state index in [-0.39, 0.29) is 5.82 Å². The summed E-state index contributed by atoms with van der Waals surface area (Å²) in [5.74, 6) is -0.267. The SMILES string of the molecule is CC[C@@H](O)c1c[nH]c2cc(F)ccc12. The lowest BCUT2D eigenvalue weighted by molar-refractivity contribution is 0.175. The van der Waals surface area contributed by atoms with Gasteiger partial charge in [-0.1, -0.05) is 6.92 Å². The van der Waals surface area contributed by atoms with Crippen molar-refractivity contribution in [3.8, 4) is 0 Å². The monoisotopic (exact) mass is 193 g/mol. The number of rotatable bonds is 2. The van der Waals surface area contributed by atoms with Gasteiger partial charge in [0.05, 0.1) is 6.10 Å². The van der Waals surface area contributed by atoms with Gasteiger partial charge in [0, 0.05) is 22.7 Å². The van der Waals surface area contributed by atoms with Crippen molar-refractivity contribution in [2.24, 2.45) is 0 Å². The van der Waals surface area contributed by atoms with Crippen LogP contribution in [0.3, 0.4) is 0 Å². The lowest BCUT2D eigenvalue weighted by Gasteiger charge is -2.05. The van der Waals surface area contributed by atoms with Crippen molar-refractivity contribution < 1.29 is 9.50 Å². The predicted molar refractivity (Wildman–Crippen MR) is 53.5 cm³/mol. The molecule has 0 amide bonds. The summed E-state index contributed by atoms with van der Waals surface area (Å²) in [6, 6.07) is 4.53. The number of halogens is 1. The summed E-state index contributed by atoms with van der Waals surface area (Å²) in [6.45, 7) is 1.91. The molecule has 2 nitrogen and oxygen atoms in total. The second-order valence-electron chi connectivity index (χ2n) is 3.36. The molecular formula is C11H12FNO. The molecular weight excluding hydrogens is 181 g/mol. The van der Waals surface area contributed by atoms with Crippen LogP contribution in [0.2, 0.25) is 0 Å². The third-order valence-corrected chi connectivity index (χ3v) is 2.42. The van der Waals surface area contributed by atoms with E-state index in [4.69, 9.17) is 0 Å². The third kappa shape index (κ3) is 1.40. The summed E-state index contributed by atoms with van der Waals surface area (Å²) in [7, 11) is 0. The molecule has 0 aliphatic rings. The first-order valence-corrected chi connectivity index (χ1v) is 4.67. The topological polar surface area (TPSA) is 36.0 Å². The van der Waals surface area contributed by atoms with Gasteiger partial charge in [0.2, 0.25) is 0 Å². The van der Waals surface area contributed by atoms with Crippen LogP contribution in [0.25, 0.3) is 10.9 Å². The molecule has 2 N–H and O–H groups in total. The van der Waals surface area contributed by atoms with E-state index in [0.29, 0.717) is 6.42 Å². The van der Waals surface area contributed by atoms with Gasteiger partial charge in [-0.05, 0) is 24.6 Å². The highest BCUT2D eigenvalue weighted by molar-refractivity contribution is 5.83. The van der Waals surface area contributed by atoms with Crippen molar-refractivity contribution >= 4 is 10.9 Å². The number of aromatic amines is 1. The summed E-state index contributed by atoms with van der Waals surface area (Å²) in [5, 5.41) is 10.6. The summed E-state index contributed by atoms with van der Waals surface area (Å²) in [5.41, 5.74) is 1.56. The van der Waals surface area contributed by atoms with Crippen molar-refractivity contribution in [3.63, 3.8) is 0 Å². The lowest BCUT2D eigenvalue weighted by Crippen LogP contribution is -1.92. The number of hydrogen-bond acceptors (Lipinski definition) is 1. The Morgan fingerprint density at radius 3 is 3.00 bits per heavy atom. The molecule has 0 fully saturated rings. The van der Waals surface area contributed by atoms with E-state index in [1.807, 2.05) is 6.92 Å². The summed E-state index contributed by atoms with van der Waals surface area (Å²) < 4.78 is 12.8. The average molecular weight is 193 g/mol. The fraction of sp³-hybridized carbons (Fsp3) is 0.273. The van der Waals surface area contributed by atoms with Crippen LogP contribution >= 0.6 is 0 Å². The number of fused-ring (bicyclic) bond motifs is 1. The summed E-state index contributed by atoms with van der Waals surface area (Å²) >= 11 is 0. The van der Waals surface area contributed by atoms with Gasteiger partial charge in [-0.15, -0.1) is 0 Å². The number of benzene rings is 1. The van der Waals surface area contributed by atoms with E-state index in [2.05, 4.69) is 4.98 Å². The van der Waals surface area contributed by atoms with Gasteiger partial charge < -0.3 is 10.1 Å². The smallest absolute Gasteiger partial charge is 0.125 e. The van der Waals surface area contributed by atoms with E-state index < -0.39 is 6.10 Å². The molecule has 0 saturated heterocycles. The van der Waals surface area contributed by atoms with Crippen molar-refractivity contribution in [1.29, 1.82) is 0 Å². The maximum Gasteiger partial charge on any atom is 0.125 e. The standard InChI is InChI=1S/C11H12FNO/c1-2-11(14)9-6-13-10-5-7(12)3-4-8(9)10/h3-6,11,13-14H,2H2,1H3/t11-/m1/s1. The maximum absolute atomic E-state index is 12.8. The van der Waals surface area contributed by atoms with Crippen LogP contribution in [0, 0.1) is 5.82 Å². The zero-order valence-electron chi connectivity index (χ0n) is 7.92. The molecule has 1 aromatic heterocycles. The highest BCUT2D eigenvalue weighted by Crippen LogP contribution is 2.26. The van der Waals surface area contributed by atoms with Crippen LogP contribution in [0.4, 0.5) is 4.39 Å². The number of hydrogen-bond donors (Lipinski definition) is 2. The fourth-order valence-electron chi connectivity index (χ4n) is 1.62. The predicted octanol–water partition coefficient (Wildman–Crippen LogP) is 2.75. The van der Waals surface area contributed by atoms with E-state index in [0.717, 1.165) is 16.5 Å². The van der Waals surface area contributed by atoms with Gasteiger partial charge in [-0.3, -0.25) is 0 Å². The van der Waals surface area contributed by atoms with E-state index in [1.54, 1.807) is 12.3 Å². The minimum Gasteiger partial charge on any atom is -0.388 e. The van der Waals surface area contributed by atoms with Crippen molar-refractivity contribution in [3.05, 3.63) is 35.8 Å². The number of nitrogens with one attached hydrogen (secondary N) is 1. The largest absolute Gasteiger partial charge is 0.388 e. The number of aromatic nitrogens is 1. The zero-order valence-corrected chi connectivity index (χ0v) is 7.92. The molecule has 1 atom stereocenters. The van der Waals surface area contributed by atoms with Crippen LogP contribution in [0.15, 0.2) is 24.4 Å². The van der Waals surface area contributed by atoms with Gasteiger partial charge in [0.25, 0.3) is 0 Å². The second-order valence-corrected chi connectivity index (χ2v) is 3.36. The number of aliphatic hydroxyl groups excluding tert-OH is 1. The Morgan fingerprint density at radius 2 is 2.29 bits per heavy atom. The minimum atomic E-state index is -0.478. The molecule has 2 aromatic rings. The quantitative estimate of drug-likeness (QED) is 0.755. The van der Waals surface area contributed by atoms with Gasteiger partial charge in [-0.25, -0.2) is 4.39 Å². The average Bonchev–Trinajstić information content (AvgIpc) is 2.59. The molecule has 0 aliphatic carbocycles. The Kier molecular flexibility index (Phi) is 2.25. The molecule has 3 heteroatoms. The maximum atomic E-state index is 12.8. The summed E-state index contributed by atoms with van der Waals surface area (Å²) in [4.78, 5) is 2.94. The van der Waals surface area contributed by atoms with Gasteiger partial charge in [0.15, 0.2) is 0 Å². The fourth-order valence-corrected chi connectivity index (χ4v) is 1.62.